The van der Waals surface area contributed by atoms with Gasteiger partial charge in [0.15, 0.2) is 5.78 Å². The molecule has 1 aliphatic carbocycles. The molecule has 2 aliphatic rings. The fourth-order valence-electron chi connectivity index (χ4n) is 2.76. The number of allylic oxidation sites excluding steroid dienone is 2. The minimum atomic E-state index is 0.296. The molecule has 0 fully saturated rings. The molecule has 0 unspecified atom stereocenters. The van der Waals surface area contributed by atoms with Crippen LogP contribution in [-0.2, 0) is 17.8 Å². The van der Waals surface area contributed by atoms with E-state index in [1.165, 1.54) is 16.8 Å². The molecule has 1 aromatic carbocycles. The van der Waals surface area contributed by atoms with Crippen molar-refractivity contribution < 1.29 is 4.79 Å². The van der Waals surface area contributed by atoms with E-state index in [9.17, 15) is 4.79 Å². The minimum absolute atomic E-state index is 0.296. The largest absolute Gasteiger partial charge is 0.370 e. The summed E-state index contributed by atoms with van der Waals surface area (Å²) in [6.45, 7) is 2.02. The van der Waals surface area contributed by atoms with Crippen molar-refractivity contribution >= 4 is 5.78 Å². The Labute approximate surface area is 102 Å². The molecule has 88 valence electrons. The predicted octanol–water partition coefficient (Wildman–Crippen LogP) is 2.68. The van der Waals surface area contributed by atoms with Crippen LogP contribution in [0.25, 0.3) is 0 Å². The SMILES string of the molecule is O=C1C=C(N2CCc3ccccc3C2)CCC1. The van der Waals surface area contributed by atoms with E-state index in [-0.39, 0.29) is 0 Å². The van der Waals surface area contributed by atoms with Crippen molar-refractivity contribution in [3.8, 4) is 0 Å². The Balaban J connectivity index is 1.82. The van der Waals surface area contributed by atoms with Gasteiger partial charge in [-0.1, -0.05) is 24.3 Å². The molecule has 0 N–H and O–H groups in total. The van der Waals surface area contributed by atoms with E-state index in [1.54, 1.807) is 0 Å². The summed E-state index contributed by atoms with van der Waals surface area (Å²) in [5, 5.41) is 0. The summed E-state index contributed by atoms with van der Waals surface area (Å²) in [5.74, 6) is 0.296. The molecule has 0 amide bonds. The number of ketones is 1. The molecule has 1 aliphatic heterocycles. The molecule has 2 nitrogen and oxygen atoms in total. The second kappa shape index (κ2) is 4.36. The summed E-state index contributed by atoms with van der Waals surface area (Å²) in [5.41, 5.74) is 4.12. The molecule has 2 heteroatoms. The number of hydrogen-bond acceptors (Lipinski definition) is 2. The summed E-state index contributed by atoms with van der Waals surface area (Å²) in [7, 11) is 0. The molecule has 0 bridgehead atoms. The topological polar surface area (TPSA) is 20.3 Å². The van der Waals surface area contributed by atoms with Gasteiger partial charge in [-0.05, 0) is 30.4 Å². The maximum absolute atomic E-state index is 11.5. The Kier molecular flexibility index (Phi) is 2.71. The van der Waals surface area contributed by atoms with E-state index < -0.39 is 0 Å². The molecule has 1 heterocycles. The van der Waals surface area contributed by atoms with Gasteiger partial charge >= 0.3 is 0 Å². The number of hydrogen-bond donors (Lipinski definition) is 0. The molecule has 0 spiro atoms. The number of carbonyl (C=O) groups excluding carboxylic acids is 1. The van der Waals surface area contributed by atoms with Crippen molar-refractivity contribution in [1.29, 1.82) is 0 Å². The lowest BCUT2D eigenvalue weighted by molar-refractivity contribution is -0.115. The highest BCUT2D eigenvalue weighted by Gasteiger charge is 2.20. The smallest absolute Gasteiger partial charge is 0.157 e. The van der Waals surface area contributed by atoms with Crippen molar-refractivity contribution in [2.24, 2.45) is 0 Å². The molecular weight excluding hydrogens is 210 g/mol. The molecule has 3 rings (SSSR count). The molecule has 1 aromatic rings. The fraction of sp³-hybridized carbons (Fsp3) is 0.400. The molecule has 17 heavy (non-hydrogen) atoms. The number of carbonyl (C=O) groups is 1. The third-order valence-corrected chi connectivity index (χ3v) is 3.72. The molecule has 0 atom stereocenters. The first-order chi connectivity index (χ1) is 8.33. The van der Waals surface area contributed by atoms with Gasteiger partial charge in [0.25, 0.3) is 0 Å². The standard InChI is InChI=1S/C15H17NO/c17-15-7-3-6-14(10-15)16-9-8-12-4-1-2-5-13(12)11-16/h1-2,4-5,10H,3,6-9,11H2. The quantitative estimate of drug-likeness (QED) is 0.735. The monoisotopic (exact) mass is 227 g/mol. The Morgan fingerprint density at radius 3 is 2.65 bits per heavy atom. The fourth-order valence-corrected chi connectivity index (χ4v) is 2.76. The molecular formula is C15H17NO. The van der Waals surface area contributed by atoms with E-state index in [4.69, 9.17) is 0 Å². The zero-order valence-electron chi connectivity index (χ0n) is 9.98. The highest BCUT2D eigenvalue weighted by Crippen LogP contribution is 2.26. The maximum Gasteiger partial charge on any atom is 0.157 e. The zero-order chi connectivity index (χ0) is 11.7. The predicted molar refractivity (Wildman–Crippen MR) is 67.5 cm³/mol. The van der Waals surface area contributed by atoms with E-state index >= 15 is 0 Å². The van der Waals surface area contributed by atoms with Crippen LogP contribution in [0.15, 0.2) is 36.0 Å². The Morgan fingerprint density at radius 2 is 1.82 bits per heavy atom. The van der Waals surface area contributed by atoms with Gasteiger partial charge < -0.3 is 4.90 Å². The second-order valence-electron chi connectivity index (χ2n) is 4.90. The van der Waals surface area contributed by atoms with Crippen molar-refractivity contribution in [1.82, 2.24) is 4.90 Å². The minimum Gasteiger partial charge on any atom is -0.370 e. The molecule has 0 saturated carbocycles. The molecule has 0 saturated heterocycles. The lowest BCUT2D eigenvalue weighted by Crippen LogP contribution is -2.31. The van der Waals surface area contributed by atoms with E-state index in [0.29, 0.717) is 5.78 Å². The maximum atomic E-state index is 11.5. The van der Waals surface area contributed by atoms with Crippen molar-refractivity contribution in [3.05, 3.63) is 47.2 Å². The average Bonchev–Trinajstić information content (AvgIpc) is 2.38. The van der Waals surface area contributed by atoms with Crippen LogP contribution in [0.2, 0.25) is 0 Å². The van der Waals surface area contributed by atoms with Crippen LogP contribution in [0.4, 0.5) is 0 Å². The van der Waals surface area contributed by atoms with Gasteiger partial charge in [0.05, 0.1) is 0 Å². The second-order valence-corrected chi connectivity index (χ2v) is 4.90. The molecule has 0 radical (unpaired) electrons. The van der Waals surface area contributed by atoms with Gasteiger partial charge in [-0.3, -0.25) is 4.79 Å². The number of nitrogens with zero attached hydrogens (tertiary/aromatic N) is 1. The van der Waals surface area contributed by atoms with Crippen molar-refractivity contribution in [2.75, 3.05) is 6.54 Å². The highest BCUT2D eigenvalue weighted by atomic mass is 16.1. The van der Waals surface area contributed by atoms with E-state index in [0.717, 1.165) is 38.8 Å². The summed E-state index contributed by atoms with van der Waals surface area (Å²) in [6.07, 6.45) is 5.77. The van der Waals surface area contributed by atoms with Gasteiger partial charge in [-0.2, -0.15) is 0 Å². The van der Waals surface area contributed by atoms with Crippen molar-refractivity contribution in [3.63, 3.8) is 0 Å². The lowest BCUT2D eigenvalue weighted by atomic mass is 9.96. The van der Waals surface area contributed by atoms with Gasteiger partial charge in [-0.25, -0.2) is 0 Å². The van der Waals surface area contributed by atoms with Gasteiger partial charge in [0.1, 0.15) is 0 Å². The zero-order valence-corrected chi connectivity index (χ0v) is 9.98. The number of rotatable bonds is 1. The summed E-state index contributed by atoms with van der Waals surface area (Å²) in [4.78, 5) is 13.8. The Hall–Kier alpha value is -1.57. The van der Waals surface area contributed by atoms with Crippen LogP contribution in [0.1, 0.15) is 30.4 Å². The number of benzene rings is 1. The van der Waals surface area contributed by atoms with Crippen LogP contribution < -0.4 is 0 Å². The van der Waals surface area contributed by atoms with Crippen LogP contribution >= 0.6 is 0 Å². The summed E-state index contributed by atoms with van der Waals surface area (Å²) >= 11 is 0. The summed E-state index contributed by atoms with van der Waals surface area (Å²) < 4.78 is 0. The van der Waals surface area contributed by atoms with E-state index in [2.05, 4.69) is 29.2 Å². The third kappa shape index (κ3) is 2.12. The van der Waals surface area contributed by atoms with Gasteiger partial charge in [0, 0.05) is 31.3 Å². The first-order valence-electron chi connectivity index (χ1n) is 6.38. The number of fused-ring (bicyclic) bond motifs is 1. The summed E-state index contributed by atoms with van der Waals surface area (Å²) in [6, 6.07) is 8.63. The lowest BCUT2D eigenvalue weighted by Gasteiger charge is -2.33. The Bertz CT molecular complexity index is 476. The van der Waals surface area contributed by atoms with Gasteiger partial charge in [0.2, 0.25) is 0 Å². The third-order valence-electron chi connectivity index (χ3n) is 3.72. The first kappa shape index (κ1) is 10.6. The van der Waals surface area contributed by atoms with Crippen LogP contribution in [-0.4, -0.2) is 17.2 Å². The van der Waals surface area contributed by atoms with Crippen LogP contribution in [0.5, 0.6) is 0 Å². The highest BCUT2D eigenvalue weighted by molar-refractivity contribution is 5.91. The first-order valence-corrected chi connectivity index (χ1v) is 6.38. The van der Waals surface area contributed by atoms with E-state index in [1.807, 2.05) is 6.08 Å². The van der Waals surface area contributed by atoms with Crippen LogP contribution in [0, 0.1) is 0 Å². The van der Waals surface area contributed by atoms with Crippen molar-refractivity contribution in [2.45, 2.75) is 32.2 Å². The molecule has 0 aromatic heterocycles. The Morgan fingerprint density at radius 1 is 1.00 bits per heavy atom. The van der Waals surface area contributed by atoms with Crippen LogP contribution in [0.3, 0.4) is 0 Å². The van der Waals surface area contributed by atoms with Gasteiger partial charge in [-0.15, -0.1) is 0 Å². The average molecular weight is 227 g/mol. The normalized spacial score (nSPS) is 19.9.